The first-order valence-electron chi connectivity index (χ1n) is 5.54. The lowest BCUT2D eigenvalue weighted by molar-refractivity contribution is 0.145. The third-order valence-electron chi connectivity index (χ3n) is 2.64. The van der Waals surface area contributed by atoms with Crippen LogP contribution in [0.4, 0.5) is 0 Å². The molecule has 0 aliphatic carbocycles. The molecule has 0 unspecified atom stereocenters. The van der Waals surface area contributed by atoms with Crippen molar-refractivity contribution in [3.63, 3.8) is 0 Å². The highest BCUT2D eigenvalue weighted by atomic mass is 16.5. The maximum absolute atomic E-state index is 9.73. The molecule has 1 aromatic carbocycles. The fourth-order valence-electron chi connectivity index (χ4n) is 1.53. The minimum atomic E-state index is -1.08. The van der Waals surface area contributed by atoms with E-state index in [1.165, 1.54) is 0 Å². The van der Waals surface area contributed by atoms with Crippen LogP contribution in [0.5, 0.6) is 5.75 Å². The molecule has 2 N–H and O–H groups in total. The van der Waals surface area contributed by atoms with Gasteiger partial charge < -0.3 is 15.1 Å². The summed E-state index contributed by atoms with van der Waals surface area (Å²) in [6.45, 7) is 3.21. The van der Waals surface area contributed by atoms with Gasteiger partial charge >= 0.3 is 0 Å². The van der Waals surface area contributed by atoms with Crippen molar-refractivity contribution in [2.75, 3.05) is 7.11 Å². The lowest BCUT2D eigenvalue weighted by atomic mass is 9.96. The molecule has 0 radical (unpaired) electrons. The molecule has 0 amide bonds. The molecule has 0 aliphatic rings. The van der Waals surface area contributed by atoms with Crippen LogP contribution in [0.15, 0.2) is 29.4 Å². The molecular weight excluding hydrogens is 218 g/mol. The monoisotopic (exact) mass is 237 g/mol. The molecule has 0 heterocycles. The number of aryl methyl sites for hydroxylation is 1. The Bertz CT molecular complexity index is 377. The number of oxime groups is 1. The van der Waals surface area contributed by atoms with E-state index in [4.69, 9.17) is 9.94 Å². The molecule has 1 rings (SSSR count). The predicted molar refractivity (Wildman–Crippen MR) is 66.8 cm³/mol. The number of nitrogens with zero attached hydrogens (tertiary/aromatic N) is 1. The van der Waals surface area contributed by atoms with Crippen LogP contribution < -0.4 is 4.74 Å². The van der Waals surface area contributed by atoms with E-state index in [0.29, 0.717) is 18.6 Å². The van der Waals surface area contributed by atoms with Crippen LogP contribution >= 0.6 is 0 Å². The van der Waals surface area contributed by atoms with Crippen molar-refractivity contribution >= 4 is 5.71 Å². The summed E-state index contributed by atoms with van der Waals surface area (Å²) in [6, 6.07) is 7.68. The van der Waals surface area contributed by atoms with Crippen molar-refractivity contribution in [1.82, 2.24) is 0 Å². The van der Waals surface area contributed by atoms with Gasteiger partial charge in [0.15, 0.2) is 0 Å². The van der Waals surface area contributed by atoms with E-state index in [0.717, 1.165) is 11.3 Å². The highest BCUT2D eigenvalue weighted by Crippen LogP contribution is 2.15. The molecule has 4 nitrogen and oxygen atoms in total. The first-order valence-corrected chi connectivity index (χ1v) is 5.54. The lowest BCUT2D eigenvalue weighted by Crippen LogP contribution is -2.31. The highest BCUT2D eigenvalue weighted by molar-refractivity contribution is 5.91. The van der Waals surface area contributed by atoms with Crippen LogP contribution in [0.3, 0.4) is 0 Å². The van der Waals surface area contributed by atoms with Crippen molar-refractivity contribution in [1.29, 1.82) is 0 Å². The summed E-state index contributed by atoms with van der Waals surface area (Å²) in [5.41, 5.74) is 0.408. The third-order valence-corrected chi connectivity index (χ3v) is 2.64. The van der Waals surface area contributed by atoms with Crippen LogP contribution in [0.25, 0.3) is 0 Å². The molecule has 0 atom stereocenters. The average Bonchev–Trinajstić information content (AvgIpc) is 2.29. The van der Waals surface area contributed by atoms with Crippen molar-refractivity contribution in [3.8, 4) is 5.75 Å². The molecule has 0 aliphatic heterocycles. The van der Waals surface area contributed by atoms with Gasteiger partial charge in [-0.15, -0.1) is 0 Å². The molecule has 1 aromatic rings. The first-order chi connectivity index (χ1) is 7.97. The Labute approximate surface area is 102 Å². The molecule has 4 heteroatoms. The SMILES string of the molecule is COc1ccc(CC/C(=N/O)C(C)(C)O)cc1. The fourth-order valence-corrected chi connectivity index (χ4v) is 1.53. The van der Waals surface area contributed by atoms with Crippen LogP contribution in [-0.4, -0.2) is 28.7 Å². The van der Waals surface area contributed by atoms with E-state index >= 15 is 0 Å². The maximum atomic E-state index is 9.73. The van der Waals surface area contributed by atoms with E-state index in [1.54, 1.807) is 21.0 Å². The molecule has 94 valence electrons. The van der Waals surface area contributed by atoms with Gasteiger partial charge in [-0.05, 0) is 44.4 Å². The van der Waals surface area contributed by atoms with Gasteiger partial charge in [0.1, 0.15) is 11.4 Å². The largest absolute Gasteiger partial charge is 0.497 e. The van der Waals surface area contributed by atoms with E-state index in [-0.39, 0.29) is 0 Å². The third kappa shape index (κ3) is 4.07. The van der Waals surface area contributed by atoms with E-state index < -0.39 is 5.60 Å². The zero-order valence-electron chi connectivity index (χ0n) is 10.5. The molecule has 17 heavy (non-hydrogen) atoms. The minimum absolute atomic E-state index is 0.383. The van der Waals surface area contributed by atoms with Crippen molar-refractivity contribution in [2.45, 2.75) is 32.3 Å². The molecular formula is C13H19NO3. The number of hydrogen-bond acceptors (Lipinski definition) is 4. The van der Waals surface area contributed by atoms with Gasteiger partial charge in [0.05, 0.1) is 12.8 Å². The summed E-state index contributed by atoms with van der Waals surface area (Å²) in [6.07, 6.45) is 1.24. The van der Waals surface area contributed by atoms with Gasteiger partial charge in [-0.1, -0.05) is 17.3 Å². The van der Waals surface area contributed by atoms with Gasteiger partial charge in [-0.2, -0.15) is 0 Å². The first kappa shape index (κ1) is 13.5. The number of rotatable bonds is 5. The second kappa shape index (κ2) is 5.68. The van der Waals surface area contributed by atoms with E-state index in [1.807, 2.05) is 24.3 Å². The summed E-state index contributed by atoms with van der Waals surface area (Å²) in [4.78, 5) is 0. The number of aliphatic hydroxyl groups is 1. The van der Waals surface area contributed by atoms with Crippen molar-refractivity contribution in [3.05, 3.63) is 29.8 Å². The summed E-state index contributed by atoms with van der Waals surface area (Å²) < 4.78 is 5.07. The van der Waals surface area contributed by atoms with Crippen LogP contribution in [0, 0.1) is 0 Å². The Morgan fingerprint density at radius 1 is 1.29 bits per heavy atom. The predicted octanol–water partition coefficient (Wildman–Crippen LogP) is 2.23. The molecule has 0 fully saturated rings. The molecule has 0 bridgehead atoms. The van der Waals surface area contributed by atoms with Gasteiger partial charge in [-0.3, -0.25) is 0 Å². The number of ether oxygens (including phenoxy) is 1. The minimum Gasteiger partial charge on any atom is -0.497 e. The van der Waals surface area contributed by atoms with Gasteiger partial charge in [0.25, 0.3) is 0 Å². The van der Waals surface area contributed by atoms with Crippen LogP contribution in [-0.2, 0) is 6.42 Å². The smallest absolute Gasteiger partial charge is 0.118 e. The second-order valence-electron chi connectivity index (χ2n) is 4.45. The van der Waals surface area contributed by atoms with Crippen LogP contribution in [0.1, 0.15) is 25.8 Å². The standard InChI is InChI=1S/C13H19NO3/c1-13(2,15)12(14-16)9-6-10-4-7-11(17-3)8-5-10/h4-5,7-8,15-16H,6,9H2,1-3H3/b14-12-. The van der Waals surface area contributed by atoms with Gasteiger partial charge in [0, 0.05) is 0 Å². The zero-order chi connectivity index (χ0) is 12.9. The Balaban J connectivity index is 2.61. The molecule has 0 saturated heterocycles. The summed E-state index contributed by atoms with van der Waals surface area (Å²) >= 11 is 0. The number of benzene rings is 1. The summed E-state index contributed by atoms with van der Waals surface area (Å²) in [5, 5.41) is 21.7. The Hall–Kier alpha value is -1.55. The van der Waals surface area contributed by atoms with Gasteiger partial charge in [0.2, 0.25) is 0 Å². The van der Waals surface area contributed by atoms with Crippen LogP contribution in [0.2, 0.25) is 0 Å². The highest BCUT2D eigenvalue weighted by Gasteiger charge is 2.21. The Kier molecular flexibility index (Phi) is 4.52. The Morgan fingerprint density at radius 2 is 1.88 bits per heavy atom. The van der Waals surface area contributed by atoms with Gasteiger partial charge in [-0.25, -0.2) is 0 Å². The summed E-state index contributed by atoms with van der Waals surface area (Å²) in [5.74, 6) is 0.812. The second-order valence-corrected chi connectivity index (χ2v) is 4.45. The normalized spacial score (nSPS) is 12.6. The van der Waals surface area contributed by atoms with E-state index in [2.05, 4.69) is 5.16 Å². The number of methoxy groups -OCH3 is 1. The fraction of sp³-hybridized carbons (Fsp3) is 0.462. The molecule has 0 saturated carbocycles. The molecule has 0 aromatic heterocycles. The quantitative estimate of drug-likeness (QED) is 0.469. The Morgan fingerprint density at radius 3 is 2.29 bits per heavy atom. The number of hydrogen-bond donors (Lipinski definition) is 2. The topological polar surface area (TPSA) is 62.0 Å². The lowest BCUT2D eigenvalue weighted by Gasteiger charge is -2.18. The molecule has 0 spiro atoms. The zero-order valence-corrected chi connectivity index (χ0v) is 10.5. The summed E-state index contributed by atoms with van der Waals surface area (Å²) in [7, 11) is 1.62. The maximum Gasteiger partial charge on any atom is 0.118 e. The van der Waals surface area contributed by atoms with Crippen molar-refractivity contribution < 1.29 is 15.1 Å². The van der Waals surface area contributed by atoms with Crippen molar-refractivity contribution in [2.24, 2.45) is 5.16 Å². The average molecular weight is 237 g/mol. The van der Waals surface area contributed by atoms with E-state index in [9.17, 15) is 5.11 Å².